The minimum Gasteiger partial charge on any atom is -0.406 e. The van der Waals surface area contributed by atoms with Gasteiger partial charge >= 0.3 is 6.36 Å². The van der Waals surface area contributed by atoms with Crippen LogP contribution in [0.3, 0.4) is 0 Å². The number of ether oxygens (including phenoxy) is 1. The van der Waals surface area contributed by atoms with Crippen LogP contribution >= 0.6 is 22.9 Å². The van der Waals surface area contributed by atoms with Crippen LogP contribution < -0.4 is 10.5 Å². The third-order valence-corrected chi connectivity index (χ3v) is 3.85. The third kappa shape index (κ3) is 4.40. The van der Waals surface area contributed by atoms with Crippen LogP contribution in [0.25, 0.3) is 0 Å². The molecular formula is C13H11ClF3NOS. The second-order valence-corrected chi connectivity index (χ2v) is 5.93. The van der Waals surface area contributed by atoms with Gasteiger partial charge in [-0.25, -0.2) is 0 Å². The van der Waals surface area contributed by atoms with Gasteiger partial charge in [-0.15, -0.1) is 24.5 Å². The number of alkyl halides is 3. The Balaban J connectivity index is 2.02. The molecule has 1 aromatic carbocycles. The summed E-state index contributed by atoms with van der Waals surface area (Å²) in [5.74, 6) is -0.257. The Morgan fingerprint density at radius 1 is 1.15 bits per heavy atom. The Labute approximate surface area is 122 Å². The Hall–Kier alpha value is -1.24. The molecule has 1 aromatic heterocycles. The van der Waals surface area contributed by atoms with E-state index >= 15 is 0 Å². The Morgan fingerprint density at radius 2 is 1.80 bits per heavy atom. The van der Waals surface area contributed by atoms with Crippen molar-refractivity contribution < 1.29 is 17.9 Å². The molecule has 0 saturated heterocycles. The van der Waals surface area contributed by atoms with Gasteiger partial charge in [0.15, 0.2) is 0 Å². The van der Waals surface area contributed by atoms with Crippen molar-refractivity contribution in [1.29, 1.82) is 0 Å². The molecule has 7 heteroatoms. The molecule has 0 amide bonds. The van der Waals surface area contributed by atoms with Crippen molar-refractivity contribution in [2.24, 2.45) is 5.73 Å². The molecule has 0 aliphatic rings. The van der Waals surface area contributed by atoms with E-state index in [1.165, 1.54) is 35.6 Å². The molecule has 0 saturated carbocycles. The lowest BCUT2D eigenvalue weighted by molar-refractivity contribution is -0.274. The quantitative estimate of drug-likeness (QED) is 0.897. The minimum atomic E-state index is -4.68. The van der Waals surface area contributed by atoms with Gasteiger partial charge in [0, 0.05) is 17.3 Å². The molecule has 1 unspecified atom stereocenters. The molecule has 2 rings (SSSR count). The highest BCUT2D eigenvalue weighted by atomic mass is 35.5. The van der Waals surface area contributed by atoms with Gasteiger partial charge in [-0.3, -0.25) is 0 Å². The first-order valence-electron chi connectivity index (χ1n) is 5.69. The van der Waals surface area contributed by atoms with Crippen LogP contribution in [-0.2, 0) is 6.42 Å². The van der Waals surface area contributed by atoms with Crippen LogP contribution in [0, 0.1) is 0 Å². The van der Waals surface area contributed by atoms with E-state index in [0.717, 1.165) is 10.4 Å². The van der Waals surface area contributed by atoms with Gasteiger partial charge in [-0.1, -0.05) is 23.7 Å². The van der Waals surface area contributed by atoms with Gasteiger partial charge in [0.2, 0.25) is 0 Å². The van der Waals surface area contributed by atoms with E-state index in [1.54, 1.807) is 6.07 Å². The average molecular weight is 322 g/mol. The van der Waals surface area contributed by atoms with E-state index in [-0.39, 0.29) is 11.8 Å². The highest BCUT2D eigenvalue weighted by Gasteiger charge is 2.31. The Morgan fingerprint density at radius 3 is 2.30 bits per heavy atom. The molecule has 0 aliphatic carbocycles. The molecule has 2 N–H and O–H groups in total. The molecule has 0 radical (unpaired) electrons. The molecule has 2 nitrogen and oxygen atoms in total. The summed E-state index contributed by atoms with van der Waals surface area (Å²) >= 11 is 7.26. The number of halogens is 4. The van der Waals surface area contributed by atoms with E-state index in [2.05, 4.69) is 4.74 Å². The first-order valence-corrected chi connectivity index (χ1v) is 6.88. The molecule has 0 bridgehead atoms. The number of thiophene rings is 1. The van der Waals surface area contributed by atoms with Gasteiger partial charge in [0.1, 0.15) is 5.75 Å². The summed E-state index contributed by atoms with van der Waals surface area (Å²) in [6.07, 6.45) is -4.10. The smallest absolute Gasteiger partial charge is 0.406 e. The average Bonchev–Trinajstić information content (AvgIpc) is 2.73. The number of hydrogen-bond donors (Lipinski definition) is 1. The van der Waals surface area contributed by atoms with Crippen LogP contribution in [0.2, 0.25) is 4.34 Å². The van der Waals surface area contributed by atoms with E-state index in [9.17, 15) is 13.2 Å². The second kappa shape index (κ2) is 6.03. The van der Waals surface area contributed by atoms with Crippen LogP contribution in [0.4, 0.5) is 13.2 Å². The predicted octanol–water partition coefficient (Wildman–Crippen LogP) is 4.54. The van der Waals surface area contributed by atoms with Crippen molar-refractivity contribution >= 4 is 22.9 Å². The number of hydrogen-bond acceptors (Lipinski definition) is 3. The predicted molar refractivity (Wildman–Crippen MR) is 73.1 cm³/mol. The van der Waals surface area contributed by atoms with Crippen molar-refractivity contribution in [2.45, 2.75) is 18.8 Å². The van der Waals surface area contributed by atoms with Gasteiger partial charge in [-0.05, 0) is 29.8 Å². The molecule has 0 aliphatic heterocycles. The molecule has 1 atom stereocenters. The van der Waals surface area contributed by atoms with Crippen molar-refractivity contribution in [1.82, 2.24) is 0 Å². The molecule has 0 spiro atoms. The van der Waals surface area contributed by atoms with Gasteiger partial charge in [0.25, 0.3) is 0 Å². The summed E-state index contributed by atoms with van der Waals surface area (Å²) in [7, 11) is 0. The molecule has 1 heterocycles. The molecule has 0 fully saturated rings. The molecule has 2 aromatic rings. The number of benzene rings is 1. The zero-order chi connectivity index (χ0) is 14.8. The summed E-state index contributed by atoms with van der Waals surface area (Å²) in [4.78, 5) is 1.03. The van der Waals surface area contributed by atoms with Crippen LogP contribution in [0.5, 0.6) is 5.75 Å². The van der Waals surface area contributed by atoms with Crippen LogP contribution in [-0.4, -0.2) is 6.36 Å². The first-order chi connectivity index (χ1) is 9.33. The highest BCUT2D eigenvalue weighted by molar-refractivity contribution is 7.16. The number of rotatable bonds is 4. The fourth-order valence-corrected chi connectivity index (χ4v) is 2.86. The lowest BCUT2D eigenvalue weighted by Gasteiger charge is -2.13. The maximum atomic E-state index is 12.0. The van der Waals surface area contributed by atoms with E-state index in [4.69, 9.17) is 17.3 Å². The van der Waals surface area contributed by atoms with E-state index in [1.807, 2.05) is 6.07 Å². The largest absolute Gasteiger partial charge is 0.573 e. The normalized spacial score (nSPS) is 13.2. The second-order valence-electron chi connectivity index (χ2n) is 4.13. The monoisotopic (exact) mass is 321 g/mol. The van der Waals surface area contributed by atoms with Crippen molar-refractivity contribution in [3.63, 3.8) is 0 Å². The summed E-state index contributed by atoms with van der Waals surface area (Å²) in [6, 6.07) is 8.93. The lowest BCUT2D eigenvalue weighted by atomic mass is 10.0. The zero-order valence-corrected chi connectivity index (χ0v) is 11.7. The standard InChI is InChI=1S/C13H11ClF3NOS/c14-12-6-5-10(20-12)7-11(18)8-1-3-9(4-2-8)19-13(15,16)17/h1-6,11H,7,18H2. The summed E-state index contributed by atoms with van der Waals surface area (Å²) in [5, 5.41) is 0. The molecular weight excluding hydrogens is 311 g/mol. The van der Waals surface area contributed by atoms with E-state index < -0.39 is 6.36 Å². The summed E-state index contributed by atoms with van der Waals surface area (Å²) < 4.78 is 40.6. The van der Waals surface area contributed by atoms with Crippen LogP contribution in [0.1, 0.15) is 16.5 Å². The Bertz CT molecular complexity index is 568. The highest BCUT2D eigenvalue weighted by Crippen LogP contribution is 2.27. The van der Waals surface area contributed by atoms with Crippen molar-refractivity contribution in [3.05, 3.63) is 51.2 Å². The van der Waals surface area contributed by atoms with Gasteiger partial charge < -0.3 is 10.5 Å². The van der Waals surface area contributed by atoms with Crippen molar-refractivity contribution in [3.8, 4) is 5.75 Å². The minimum absolute atomic E-state index is 0.257. The lowest BCUT2D eigenvalue weighted by Crippen LogP contribution is -2.17. The summed E-state index contributed by atoms with van der Waals surface area (Å²) in [6.45, 7) is 0. The maximum absolute atomic E-state index is 12.0. The van der Waals surface area contributed by atoms with E-state index in [0.29, 0.717) is 10.8 Å². The Kier molecular flexibility index (Phi) is 4.57. The fourth-order valence-electron chi connectivity index (χ4n) is 1.71. The molecule has 108 valence electrons. The van der Waals surface area contributed by atoms with Crippen LogP contribution in [0.15, 0.2) is 36.4 Å². The maximum Gasteiger partial charge on any atom is 0.573 e. The van der Waals surface area contributed by atoms with Crippen molar-refractivity contribution in [2.75, 3.05) is 0 Å². The fraction of sp³-hybridized carbons (Fsp3) is 0.231. The molecule has 20 heavy (non-hydrogen) atoms. The summed E-state index contributed by atoms with van der Waals surface area (Å²) in [5.41, 5.74) is 6.75. The topological polar surface area (TPSA) is 35.2 Å². The zero-order valence-electron chi connectivity index (χ0n) is 10.2. The first kappa shape index (κ1) is 15.2. The SMILES string of the molecule is NC(Cc1ccc(Cl)s1)c1ccc(OC(F)(F)F)cc1. The van der Waals surface area contributed by atoms with Gasteiger partial charge in [0.05, 0.1) is 4.34 Å². The third-order valence-electron chi connectivity index (χ3n) is 2.59. The number of nitrogens with two attached hydrogens (primary N) is 1. The van der Waals surface area contributed by atoms with Gasteiger partial charge in [-0.2, -0.15) is 0 Å².